The molecule has 0 aliphatic heterocycles. The van der Waals surface area contributed by atoms with Crippen LogP contribution in [0.5, 0.6) is 0 Å². The quantitative estimate of drug-likeness (QED) is 0.535. The van der Waals surface area contributed by atoms with Crippen molar-refractivity contribution in [2.45, 2.75) is 6.42 Å². The molecule has 0 amide bonds. The summed E-state index contributed by atoms with van der Waals surface area (Å²) in [7, 11) is -1.01. The maximum Gasteiger partial charge on any atom is 0.402 e. The van der Waals surface area contributed by atoms with Crippen molar-refractivity contribution in [3.05, 3.63) is 34.9 Å². The zero-order chi connectivity index (χ0) is 8.81. The van der Waals surface area contributed by atoms with Crippen molar-refractivity contribution in [1.82, 2.24) is 0 Å². The summed E-state index contributed by atoms with van der Waals surface area (Å²) in [6, 6.07) is 7.51. The smallest absolute Gasteiger partial charge is 0.361 e. The molecule has 1 aromatic carbocycles. The topological polar surface area (TPSA) is 29.4 Å². The molecule has 0 fully saturated rings. The molecule has 62 valence electrons. The Morgan fingerprint density at radius 2 is 2.08 bits per heavy atom. The highest BCUT2D eigenvalue weighted by Gasteiger charge is 1.89. The van der Waals surface area contributed by atoms with Gasteiger partial charge in [-0.15, -0.1) is 0 Å². The minimum atomic E-state index is -1.01. The Labute approximate surface area is 78.2 Å². The number of halogens is 1. The molecular weight excluding hydrogens is 190 g/mol. The highest BCUT2D eigenvalue weighted by Crippen LogP contribution is 2.08. The molecule has 0 heterocycles. The molecule has 0 atom stereocenters. The second-order valence-corrected chi connectivity index (χ2v) is 3.21. The third-order valence-corrected chi connectivity index (χ3v) is 1.99. The number of hydrogen-bond donors (Lipinski definition) is 0. The summed E-state index contributed by atoms with van der Waals surface area (Å²) < 4.78 is 13.7. The summed E-state index contributed by atoms with van der Waals surface area (Å²) >= 11 is 5.69. The third kappa shape index (κ3) is 3.07. The van der Waals surface area contributed by atoms with Gasteiger partial charge in [-0.3, -0.25) is 4.66 Å². The van der Waals surface area contributed by atoms with Crippen LogP contribution in [0.15, 0.2) is 28.9 Å². The Balaban J connectivity index is 2.58. The van der Waals surface area contributed by atoms with Gasteiger partial charge in [-0.1, -0.05) is 23.7 Å². The average Bonchev–Trinajstić information content (AvgIpc) is 2.09. The molecule has 0 radical (unpaired) electrons. The van der Waals surface area contributed by atoms with Gasteiger partial charge in [0.05, 0.1) is 0 Å². The average molecular weight is 198 g/mol. The van der Waals surface area contributed by atoms with Crippen molar-refractivity contribution in [3.8, 4) is 0 Å². The lowest BCUT2D eigenvalue weighted by Gasteiger charge is -1.94. The summed E-state index contributed by atoms with van der Waals surface area (Å²) in [6.45, 7) is 0. The van der Waals surface area contributed by atoms with E-state index < -0.39 is 9.57 Å². The fourth-order valence-electron chi connectivity index (χ4n) is 0.822. The summed E-state index contributed by atoms with van der Waals surface area (Å²) in [5.41, 5.74) is 1.12. The van der Waals surface area contributed by atoms with E-state index in [-0.39, 0.29) is 0 Å². The summed E-state index contributed by atoms with van der Waals surface area (Å²) in [5, 5.41) is 0.727. The number of rotatable bonds is 3. The maximum atomic E-state index is 10.0. The van der Waals surface area contributed by atoms with Crippen LogP contribution in [0, 0.1) is 0 Å². The summed E-state index contributed by atoms with van der Waals surface area (Å²) in [6.07, 6.45) is 2.37. The highest BCUT2D eigenvalue weighted by atomic mass is 35.5. The lowest BCUT2D eigenvalue weighted by Crippen LogP contribution is -1.85. The van der Waals surface area contributed by atoms with Crippen molar-refractivity contribution < 1.29 is 4.46 Å². The van der Waals surface area contributed by atoms with Gasteiger partial charge in [0, 0.05) is 17.7 Å². The monoisotopic (exact) mass is 197 g/mol. The van der Waals surface area contributed by atoms with Gasteiger partial charge in [0.25, 0.3) is 0 Å². The molecule has 0 spiro atoms. The van der Waals surface area contributed by atoms with Crippen LogP contribution in [0.4, 0.5) is 0 Å². The van der Waals surface area contributed by atoms with Crippen LogP contribution in [-0.4, -0.2) is 15.8 Å². The van der Waals surface area contributed by atoms with Gasteiger partial charge in [0.15, 0.2) is 0 Å². The molecule has 0 saturated heterocycles. The molecular formula is C8H8ClNOSi. The van der Waals surface area contributed by atoms with Crippen LogP contribution in [0.1, 0.15) is 5.56 Å². The SMILES string of the molecule is O=[SiH]N=CCc1ccc(Cl)cc1. The standard InChI is InChI=1S/C8H8ClNOSi/c9-8-3-1-7(2-4-8)5-6-10-12-11/h1-4,6,12H,5H2. The third-order valence-electron chi connectivity index (χ3n) is 1.41. The lowest BCUT2D eigenvalue weighted by atomic mass is 10.2. The first kappa shape index (κ1) is 9.29. The van der Waals surface area contributed by atoms with E-state index in [0.717, 1.165) is 10.6 Å². The molecule has 0 aromatic heterocycles. The minimum Gasteiger partial charge on any atom is -0.361 e. The highest BCUT2D eigenvalue weighted by molar-refractivity contribution is 6.30. The largest absolute Gasteiger partial charge is 0.402 e. The van der Waals surface area contributed by atoms with Crippen LogP contribution < -0.4 is 0 Å². The van der Waals surface area contributed by atoms with Gasteiger partial charge in [-0.05, 0) is 17.7 Å². The zero-order valence-corrected chi connectivity index (χ0v) is 8.32. The molecule has 0 saturated carbocycles. The van der Waals surface area contributed by atoms with Gasteiger partial charge >= 0.3 is 9.57 Å². The predicted molar refractivity (Wildman–Crippen MR) is 51.5 cm³/mol. The summed E-state index contributed by atoms with van der Waals surface area (Å²) in [5.74, 6) is 0. The fraction of sp³-hybridized carbons (Fsp3) is 0.125. The van der Waals surface area contributed by atoms with E-state index in [1.165, 1.54) is 0 Å². The molecule has 0 N–H and O–H groups in total. The van der Waals surface area contributed by atoms with Gasteiger partial charge in [0.1, 0.15) is 0 Å². The van der Waals surface area contributed by atoms with E-state index >= 15 is 0 Å². The van der Waals surface area contributed by atoms with Gasteiger partial charge < -0.3 is 4.46 Å². The van der Waals surface area contributed by atoms with Crippen molar-refractivity contribution in [2.24, 2.45) is 4.66 Å². The van der Waals surface area contributed by atoms with Gasteiger partial charge in [-0.2, -0.15) is 0 Å². The molecule has 1 aromatic rings. The molecule has 0 bridgehead atoms. The lowest BCUT2D eigenvalue weighted by molar-refractivity contribution is 0.578. The van der Waals surface area contributed by atoms with E-state index in [2.05, 4.69) is 4.66 Å². The zero-order valence-electron chi connectivity index (χ0n) is 6.40. The van der Waals surface area contributed by atoms with Crippen LogP contribution in [-0.2, 0) is 10.9 Å². The van der Waals surface area contributed by atoms with E-state index in [1.54, 1.807) is 6.21 Å². The van der Waals surface area contributed by atoms with E-state index in [9.17, 15) is 4.46 Å². The molecule has 1 rings (SSSR count). The maximum absolute atomic E-state index is 10.0. The summed E-state index contributed by atoms with van der Waals surface area (Å²) in [4.78, 5) is 0. The van der Waals surface area contributed by atoms with Crippen LogP contribution in [0.2, 0.25) is 5.02 Å². The first-order valence-corrected chi connectivity index (χ1v) is 4.89. The molecule has 0 aliphatic carbocycles. The molecule has 0 unspecified atom stereocenters. The first-order chi connectivity index (χ1) is 5.83. The second-order valence-electron chi connectivity index (χ2n) is 2.27. The Bertz CT molecular complexity index is 284. The second kappa shape index (κ2) is 4.95. The fourth-order valence-corrected chi connectivity index (χ4v) is 1.14. The van der Waals surface area contributed by atoms with Crippen molar-refractivity contribution in [1.29, 1.82) is 0 Å². The van der Waals surface area contributed by atoms with E-state index in [4.69, 9.17) is 11.6 Å². The Morgan fingerprint density at radius 1 is 1.42 bits per heavy atom. The number of hydrogen-bond acceptors (Lipinski definition) is 1. The Kier molecular flexibility index (Phi) is 3.83. The number of benzene rings is 1. The molecule has 4 heteroatoms. The number of nitrogens with zero attached hydrogens (tertiary/aromatic N) is 1. The van der Waals surface area contributed by atoms with Crippen LogP contribution in [0.3, 0.4) is 0 Å². The van der Waals surface area contributed by atoms with Crippen LogP contribution >= 0.6 is 11.6 Å². The van der Waals surface area contributed by atoms with Crippen molar-refractivity contribution in [2.75, 3.05) is 0 Å². The van der Waals surface area contributed by atoms with Gasteiger partial charge in [-0.25, -0.2) is 0 Å². The van der Waals surface area contributed by atoms with Crippen molar-refractivity contribution in [3.63, 3.8) is 0 Å². The van der Waals surface area contributed by atoms with Crippen molar-refractivity contribution >= 4 is 27.4 Å². The van der Waals surface area contributed by atoms with E-state index in [1.807, 2.05) is 24.3 Å². The van der Waals surface area contributed by atoms with Crippen LogP contribution in [0.25, 0.3) is 0 Å². The minimum absolute atomic E-state index is 0.715. The Morgan fingerprint density at radius 3 is 2.67 bits per heavy atom. The molecule has 2 nitrogen and oxygen atoms in total. The Hall–Kier alpha value is -0.803. The first-order valence-electron chi connectivity index (χ1n) is 3.52. The van der Waals surface area contributed by atoms with E-state index in [0.29, 0.717) is 6.42 Å². The van der Waals surface area contributed by atoms with Gasteiger partial charge in [0.2, 0.25) is 0 Å². The normalized spacial score (nSPS) is 10.4. The molecule has 12 heavy (non-hydrogen) atoms. The predicted octanol–water partition coefficient (Wildman–Crippen LogP) is 1.65. The molecule has 0 aliphatic rings.